The molecule has 0 aliphatic heterocycles. The van der Waals surface area contributed by atoms with Crippen LogP contribution in [0, 0.1) is 12.7 Å². The first-order chi connectivity index (χ1) is 14.6. The lowest BCUT2D eigenvalue weighted by molar-refractivity contribution is -0.120. The fourth-order valence-electron chi connectivity index (χ4n) is 3.63. The molecule has 0 aliphatic carbocycles. The first kappa shape index (κ1) is 22.4. The molecule has 0 saturated heterocycles. The molecule has 3 heterocycles. The molecule has 160 valence electrons. The minimum atomic E-state index is -0.353. The van der Waals surface area contributed by atoms with Gasteiger partial charge in [0.05, 0.1) is 12.1 Å². The molecule has 1 amide bonds. The van der Waals surface area contributed by atoms with Crippen LogP contribution in [-0.2, 0) is 17.8 Å². The Kier molecular flexibility index (Phi) is 7.36. The highest BCUT2D eigenvalue weighted by molar-refractivity contribution is 5.85. The highest BCUT2D eigenvalue weighted by atomic mass is 35.5. The van der Waals surface area contributed by atoms with E-state index in [0.717, 1.165) is 34.4 Å². The molecule has 5 nitrogen and oxygen atoms in total. The maximum atomic E-state index is 13.7. The van der Waals surface area contributed by atoms with Gasteiger partial charge in [-0.1, -0.05) is 18.2 Å². The van der Waals surface area contributed by atoms with Crippen molar-refractivity contribution in [1.29, 1.82) is 0 Å². The number of carbonyl (C=O) groups is 1. The number of nitrogens with zero attached hydrogens (tertiary/aromatic N) is 3. The molecule has 0 spiro atoms. The molecule has 0 fully saturated rings. The van der Waals surface area contributed by atoms with E-state index in [4.69, 9.17) is 0 Å². The summed E-state index contributed by atoms with van der Waals surface area (Å²) in [5.74, 6) is -0.534. The molecule has 0 radical (unpaired) electrons. The SMILES string of the molecule is Cc1ncccc1-c1cc2cccnc2n1CCCNC(=O)Cc1ccccc1F.Cl. The molecule has 3 aromatic heterocycles. The Morgan fingerprint density at radius 2 is 1.84 bits per heavy atom. The number of halogens is 2. The number of rotatable bonds is 7. The van der Waals surface area contributed by atoms with Crippen LogP contribution in [-0.4, -0.2) is 27.0 Å². The number of hydrogen-bond donors (Lipinski definition) is 1. The molecule has 1 aromatic carbocycles. The molecule has 0 atom stereocenters. The third-order valence-electron chi connectivity index (χ3n) is 5.13. The molecule has 7 heteroatoms. The van der Waals surface area contributed by atoms with Crippen molar-refractivity contribution in [2.45, 2.75) is 26.3 Å². The van der Waals surface area contributed by atoms with Crippen LogP contribution in [0.4, 0.5) is 4.39 Å². The van der Waals surface area contributed by atoms with E-state index in [-0.39, 0.29) is 30.6 Å². The summed E-state index contributed by atoms with van der Waals surface area (Å²) in [6.45, 7) is 3.20. The van der Waals surface area contributed by atoms with E-state index in [0.29, 0.717) is 18.7 Å². The Bertz CT molecular complexity index is 1190. The Hall–Kier alpha value is -3.25. The van der Waals surface area contributed by atoms with Crippen molar-refractivity contribution < 1.29 is 9.18 Å². The number of nitrogens with one attached hydrogen (secondary N) is 1. The molecule has 0 saturated carbocycles. The van der Waals surface area contributed by atoms with Gasteiger partial charge in [0.25, 0.3) is 0 Å². The fraction of sp³-hybridized carbons (Fsp3) is 0.208. The number of carbonyl (C=O) groups excluding carboxylic acids is 1. The highest BCUT2D eigenvalue weighted by Crippen LogP contribution is 2.28. The Labute approximate surface area is 186 Å². The van der Waals surface area contributed by atoms with Gasteiger partial charge >= 0.3 is 0 Å². The summed E-state index contributed by atoms with van der Waals surface area (Å²) in [5, 5.41) is 3.96. The monoisotopic (exact) mass is 438 g/mol. The highest BCUT2D eigenvalue weighted by Gasteiger charge is 2.14. The van der Waals surface area contributed by atoms with Crippen LogP contribution in [0.3, 0.4) is 0 Å². The third-order valence-corrected chi connectivity index (χ3v) is 5.13. The number of benzene rings is 1. The molecule has 0 bridgehead atoms. The van der Waals surface area contributed by atoms with Crippen LogP contribution in [0.2, 0.25) is 0 Å². The zero-order valence-electron chi connectivity index (χ0n) is 17.2. The normalized spacial score (nSPS) is 10.6. The summed E-state index contributed by atoms with van der Waals surface area (Å²) in [6, 6.07) is 16.4. The van der Waals surface area contributed by atoms with Crippen LogP contribution in [0.5, 0.6) is 0 Å². The van der Waals surface area contributed by atoms with Gasteiger partial charge < -0.3 is 9.88 Å². The number of pyridine rings is 2. The van der Waals surface area contributed by atoms with E-state index in [1.165, 1.54) is 6.07 Å². The zero-order chi connectivity index (χ0) is 20.9. The van der Waals surface area contributed by atoms with Crippen LogP contribution in [0.25, 0.3) is 22.3 Å². The van der Waals surface area contributed by atoms with Gasteiger partial charge in [-0.05, 0) is 55.3 Å². The third kappa shape index (κ3) is 5.09. The molecular weight excluding hydrogens is 415 g/mol. The second-order valence-electron chi connectivity index (χ2n) is 7.21. The van der Waals surface area contributed by atoms with Gasteiger partial charge in [0.2, 0.25) is 5.91 Å². The molecule has 4 rings (SSSR count). The second-order valence-corrected chi connectivity index (χ2v) is 7.21. The van der Waals surface area contributed by atoms with Crippen molar-refractivity contribution in [2.75, 3.05) is 6.54 Å². The summed E-state index contributed by atoms with van der Waals surface area (Å²) in [5.41, 5.74) is 4.41. The number of amides is 1. The molecule has 4 aromatic rings. The van der Waals surface area contributed by atoms with Crippen molar-refractivity contribution in [3.63, 3.8) is 0 Å². The minimum absolute atomic E-state index is 0. The predicted molar refractivity (Wildman–Crippen MR) is 123 cm³/mol. The van der Waals surface area contributed by atoms with Gasteiger partial charge in [-0.25, -0.2) is 9.37 Å². The van der Waals surface area contributed by atoms with Gasteiger partial charge in [0.15, 0.2) is 0 Å². The largest absolute Gasteiger partial charge is 0.356 e. The summed E-state index contributed by atoms with van der Waals surface area (Å²) in [6.07, 6.45) is 4.35. The first-order valence-corrected chi connectivity index (χ1v) is 10.00. The summed E-state index contributed by atoms with van der Waals surface area (Å²) >= 11 is 0. The maximum Gasteiger partial charge on any atom is 0.224 e. The topological polar surface area (TPSA) is 59.8 Å². The number of aryl methyl sites for hydroxylation is 2. The Morgan fingerprint density at radius 1 is 1.06 bits per heavy atom. The lowest BCUT2D eigenvalue weighted by Crippen LogP contribution is -2.27. The zero-order valence-corrected chi connectivity index (χ0v) is 18.0. The van der Waals surface area contributed by atoms with Gasteiger partial charge in [0.1, 0.15) is 11.5 Å². The lowest BCUT2D eigenvalue weighted by atomic mass is 10.1. The van der Waals surface area contributed by atoms with E-state index >= 15 is 0 Å². The van der Waals surface area contributed by atoms with Crippen LogP contribution >= 0.6 is 12.4 Å². The molecule has 1 N–H and O–H groups in total. The standard InChI is InChI=1S/C24H23FN4O.ClH/c1-17-20(9-5-11-26-17)22-15-19-8-4-12-28-24(19)29(22)14-6-13-27-23(30)16-18-7-2-3-10-21(18)25;/h2-5,7-12,15H,6,13-14,16H2,1H3,(H,27,30);1H. The van der Waals surface area contributed by atoms with Gasteiger partial charge in [0, 0.05) is 42.1 Å². The average molecular weight is 439 g/mol. The number of hydrogen-bond acceptors (Lipinski definition) is 3. The fourth-order valence-corrected chi connectivity index (χ4v) is 3.63. The van der Waals surface area contributed by atoms with Gasteiger partial charge in [-0.3, -0.25) is 9.78 Å². The van der Waals surface area contributed by atoms with Gasteiger partial charge in [-0.15, -0.1) is 12.4 Å². The van der Waals surface area contributed by atoms with Crippen molar-refractivity contribution in [2.24, 2.45) is 0 Å². The predicted octanol–water partition coefficient (Wildman–Crippen LogP) is 4.72. The quantitative estimate of drug-likeness (QED) is 0.425. The van der Waals surface area contributed by atoms with Crippen molar-refractivity contribution in [1.82, 2.24) is 19.9 Å². The molecule has 0 unspecified atom stereocenters. The lowest BCUT2D eigenvalue weighted by Gasteiger charge is -2.12. The van der Waals surface area contributed by atoms with Gasteiger partial charge in [-0.2, -0.15) is 0 Å². The summed E-state index contributed by atoms with van der Waals surface area (Å²) in [7, 11) is 0. The van der Waals surface area contributed by atoms with E-state index in [2.05, 4.69) is 32.0 Å². The molecular formula is C24H24ClFN4O. The van der Waals surface area contributed by atoms with E-state index in [9.17, 15) is 9.18 Å². The Balaban J connectivity index is 0.00000272. The van der Waals surface area contributed by atoms with Crippen molar-refractivity contribution >= 4 is 29.3 Å². The van der Waals surface area contributed by atoms with E-state index in [1.54, 1.807) is 30.6 Å². The Morgan fingerprint density at radius 3 is 2.65 bits per heavy atom. The first-order valence-electron chi connectivity index (χ1n) is 10.00. The summed E-state index contributed by atoms with van der Waals surface area (Å²) in [4.78, 5) is 21.1. The number of fused-ring (bicyclic) bond motifs is 1. The average Bonchev–Trinajstić information content (AvgIpc) is 3.11. The number of aromatic nitrogens is 3. The maximum absolute atomic E-state index is 13.7. The van der Waals surface area contributed by atoms with Crippen molar-refractivity contribution in [3.05, 3.63) is 84.1 Å². The van der Waals surface area contributed by atoms with Crippen LogP contribution in [0.1, 0.15) is 17.7 Å². The van der Waals surface area contributed by atoms with Crippen LogP contribution in [0.15, 0.2) is 67.0 Å². The minimum Gasteiger partial charge on any atom is -0.356 e. The van der Waals surface area contributed by atoms with Crippen LogP contribution < -0.4 is 5.32 Å². The molecule has 31 heavy (non-hydrogen) atoms. The smallest absolute Gasteiger partial charge is 0.224 e. The van der Waals surface area contributed by atoms with E-state index in [1.807, 2.05) is 25.1 Å². The van der Waals surface area contributed by atoms with E-state index < -0.39 is 0 Å². The molecule has 0 aliphatic rings. The summed E-state index contributed by atoms with van der Waals surface area (Å²) < 4.78 is 15.9. The van der Waals surface area contributed by atoms with Crippen molar-refractivity contribution in [3.8, 4) is 11.3 Å². The second kappa shape index (κ2) is 10.2.